The number of hydrogen-bond donors (Lipinski definition) is 1. The first kappa shape index (κ1) is 13.8. The molecule has 1 fully saturated rings. The van der Waals surface area contributed by atoms with E-state index in [0.29, 0.717) is 12.0 Å². The normalized spacial score (nSPS) is 27.7. The fourth-order valence-corrected chi connectivity index (χ4v) is 3.95. The van der Waals surface area contributed by atoms with Gasteiger partial charge in [0.25, 0.3) is 0 Å². The van der Waals surface area contributed by atoms with E-state index in [1.807, 2.05) is 6.92 Å². The minimum atomic E-state index is -3.07. The Labute approximate surface area is 111 Å². The summed E-state index contributed by atoms with van der Waals surface area (Å²) in [6, 6.07) is 4.11. The third-order valence-electron chi connectivity index (χ3n) is 3.11. The van der Waals surface area contributed by atoms with Gasteiger partial charge in [0, 0.05) is 12.1 Å². The van der Waals surface area contributed by atoms with E-state index >= 15 is 0 Å². The Morgan fingerprint density at radius 3 is 2.83 bits per heavy atom. The van der Waals surface area contributed by atoms with Crippen molar-refractivity contribution < 1.29 is 12.8 Å². The van der Waals surface area contributed by atoms with Gasteiger partial charge in [-0.2, -0.15) is 0 Å². The molecule has 100 valence electrons. The molecule has 0 radical (unpaired) electrons. The van der Waals surface area contributed by atoms with Gasteiger partial charge in [-0.3, -0.25) is 0 Å². The predicted octanol–water partition coefficient (Wildman–Crippen LogP) is 2.32. The second-order valence-corrected chi connectivity index (χ2v) is 7.33. The second kappa shape index (κ2) is 5.15. The molecule has 0 bridgehead atoms. The lowest BCUT2D eigenvalue weighted by Crippen LogP contribution is -2.31. The van der Waals surface area contributed by atoms with Crippen LogP contribution in [-0.2, 0) is 9.84 Å². The van der Waals surface area contributed by atoms with Crippen molar-refractivity contribution in [1.82, 2.24) is 5.32 Å². The smallest absolute Gasteiger partial charge is 0.152 e. The number of benzene rings is 1. The van der Waals surface area contributed by atoms with E-state index in [-0.39, 0.29) is 28.6 Å². The highest BCUT2D eigenvalue weighted by Gasteiger charge is 2.27. The van der Waals surface area contributed by atoms with Crippen molar-refractivity contribution in [3.63, 3.8) is 0 Å². The maximum atomic E-state index is 13.1. The minimum Gasteiger partial charge on any atom is -0.307 e. The van der Waals surface area contributed by atoms with Crippen LogP contribution in [0.25, 0.3) is 0 Å². The lowest BCUT2D eigenvalue weighted by molar-refractivity contribution is 0.483. The average molecular weight is 292 g/mol. The zero-order valence-corrected chi connectivity index (χ0v) is 11.6. The van der Waals surface area contributed by atoms with Crippen LogP contribution in [0.5, 0.6) is 0 Å². The molecule has 0 saturated carbocycles. The van der Waals surface area contributed by atoms with E-state index in [2.05, 4.69) is 5.32 Å². The summed E-state index contributed by atoms with van der Waals surface area (Å²) in [6.07, 6.45) is 0.591. The first-order valence-corrected chi connectivity index (χ1v) is 7.99. The fraction of sp³-hybridized carbons (Fsp3) is 0.500. The maximum Gasteiger partial charge on any atom is 0.152 e. The van der Waals surface area contributed by atoms with E-state index < -0.39 is 15.7 Å². The Morgan fingerprint density at radius 1 is 1.44 bits per heavy atom. The van der Waals surface area contributed by atoms with Crippen molar-refractivity contribution in [3.8, 4) is 0 Å². The van der Waals surface area contributed by atoms with E-state index in [9.17, 15) is 12.8 Å². The van der Waals surface area contributed by atoms with E-state index in [1.54, 1.807) is 6.07 Å². The van der Waals surface area contributed by atoms with Gasteiger partial charge in [-0.05, 0) is 31.0 Å². The lowest BCUT2D eigenvalue weighted by Gasteiger charge is -2.19. The molecular weight excluding hydrogens is 277 g/mol. The Morgan fingerprint density at radius 2 is 2.17 bits per heavy atom. The highest BCUT2D eigenvalue weighted by Crippen LogP contribution is 2.24. The van der Waals surface area contributed by atoms with Gasteiger partial charge in [0.05, 0.1) is 16.5 Å². The number of nitrogens with one attached hydrogen (secondary N) is 1. The molecule has 0 aliphatic carbocycles. The van der Waals surface area contributed by atoms with Crippen LogP contribution >= 0.6 is 11.6 Å². The van der Waals surface area contributed by atoms with Crippen molar-refractivity contribution in [1.29, 1.82) is 0 Å². The molecule has 0 spiro atoms. The van der Waals surface area contributed by atoms with Gasteiger partial charge in [-0.1, -0.05) is 17.7 Å². The zero-order valence-electron chi connectivity index (χ0n) is 9.99. The minimum absolute atomic E-state index is 0.0172. The standard InChI is InChI=1S/C12H15ClFNO2S/c1-8-4-5-18(16,17)7-12(15-8)9-2-3-11(14)10(13)6-9/h2-3,6,8,12,15H,4-5,7H2,1H3. The molecule has 0 aromatic heterocycles. The van der Waals surface area contributed by atoms with Gasteiger partial charge in [-0.25, -0.2) is 12.8 Å². The van der Waals surface area contributed by atoms with Crippen LogP contribution in [0.15, 0.2) is 18.2 Å². The van der Waals surface area contributed by atoms with E-state index in [0.717, 1.165) is 0 Å². The molecule has 1 N–H and O–H groups in total. The molecule has 18 heavy (non-hydrogen) atoms. The molecule has 1 aliphatic rings. The predicted molar refractivity (Wildman–Crippen MR) is 70.0 cm³/mol. The van der Waals surface area contributed by atoms with Crippen LogP contribution in [-0.4, -0.2) is 26.0 Å². The zero-order chi connectivity index (χ0) is 13.3. The number of sulfone groups is 1. The van der Waals surface area contributed by atoms with Crippen molar-refractivity contribution in [2.24, 2.45) is 0 Å². The summed E-state index contributed by atoms with van der Waals surface area (Å²) >= 11 is 5.73. The summed E-state index contributed by atoms with van der Waals surface area (Å²) < 4.78 is 36.7. The molecule has 1 aliphatic heterocycles. The van der Waals surface area contributed by atoms with Crippen molar-refractivity contribution in [3.05, 3.63) is 34.6 Å². The second-order valence-electron chi connectivity index (χ2n) is 4.70. The Hall–Kier alpha value is -0.650. The highest BCUT2D eigenvalue weighted by atomic mass is 35.5. The molecule has 3 nitrogen and oxygen atoms in total. The molecule has 1 saturated heterocycles. The molecule has 1 heterocycles. The lowest BCUT2D eigenvalue weighted by atomic mass is 10.1. The van der Waals surface area contributed by atoms with Gasteiger partial charge in [0.15, 0.2) is 9.84 Å². The van der Waals surface area contributed by atoms with Crippen LogP contribution < -0.4 is 5.32 Å². The Balaban J connectivity index is 2.32. The van der Waals surface area contributed by atoms with Gasteiger partial charge in [-0.15, -0.1) is 0 Å². The van der Waals surface area contributed by atoms with Crippen molar-refractivity contribution in [2.75, 3.05) is 11.5 Å². The van der Waals surface area contributed by atoms with Crippen molar-refractivity contribution in [2.45, 2.75) is 25.4 Å². The molecular formula is C12H15ClFNO2S. The van der Waals surface area contributed by atoms with Crippen LogP contribution in [0, 0.1) is 5.82 Å². The SMILES string of the molecule is CC1CCS(=O)(=O)CC(c2ccc(F)c(Cl)c2)N1. The third-order valence-corrected chi connectivity index (χ3v) is 5.10. The van der Waals surface area contributed by atoms with Crippen LogP contribution in [0.2, 0.25) is 5.02 Å². The topological polar surface area (TPSA) is 46.2 Å². The quantitative estimate of drug-likeness (QED) is 0.864. The first-order chi connectivity index (χ1) is 8.37. The fourth-order valence-electron chi connectivity index (χ4n) is 2.09. The summed E-state index contributed by atoms with van der Waals surface area (Å²) in [5, 5.41) is 3.25. The monoisotopic (exact) mass is 291 g/mol. The van der Waals surface area contributed by atoms with Gasteiger partial charge < -0.3 is 5.32 Å². The largest absolute Gasteiger partial charge is 0.307 e. The van der Waals surface area contributed by atoms with Crippen LogP contribution in [0.3, 0.4) is 0 Å². The molecule has 2 unspecified atom stereocenters. The summed E-state index contributed by atoms with van der Waals surface area (Å²) in [5.41, 5.74) is 0.707. The summed E-state index contributed by atoms with van der Waals surface area (Å²) in [4.78, 5) is 0. The summed E-state index contributed by atoms with van der Waals surface area (Å²) in [6.45, 7) is 1.94. The number of rotatable bonds is 1. The highest BCUT2D eigenvalue weighted by molar-refractivity contribution is 7.91. The number of hydrogen-bond acceptors (Lipinski definition) is 3. The summed E-state index contributed by atoms with van der Waals surface area (Å²) in [5.74, 6) is -0.281. The van der Waals surface area contributed by atoms with Crippen LogP contribution in [0.1, 0.15) is 24.9 Å². The molecule has 1 aromatic rings. The molecule has 6 heteroatoms. The molecule has 0 amide bonds. The maximum absolute atomic E-state index is 13.1. The van der Waals surface area contributed by atoms with Gasteiger partial charge >= 0.3 is 0 Å². The van der Waals surface area contributed by atoms with Crippen LogP contribution in [0.4, 0.5) is 4.39 Å². The van der Waals surface area contributed by atoms with Gasteiger partial charge in [0.1, 0.15) is 5.82 Å². The third kappa shape index (κ3) is 3.22. The van der Waals surface area contributed by atoms with E-state index in [1.165, 1.54) is 12.1 Å². The number of halogens is 2. The first-order valence-electron chi connectivity index (χ1n) is 5.79. The Kier molecular flexibility index (Phi) is 3.94. The summed E-state index contributed by atoms with van der Waals surface area (Å²) in [7, 11) is -3.07. The van der Waals surface area contributed by atoms with E-state index in [4.69, 9.17) is 11.6 Å². The van der Waals surface area contributed by atoms with Crippen molar-refractivity contribution >= 4 is 21.4 Å². The Bertz CT molecular complexity index is 547. The molecule has 2 rings (SSSR count). The molecule has 2 atom stereocenters. The average Bonchev–Trinajstić information content (AvgIpc) is 2.42. The van der Waals surface area contributed by atoms with Gasteiger partial charge in [0.2, 0.25) is 0 Å². The molecule has 1 aromatic carbocycles.